The maximum absolute atomic E-state index is 13.1. The summed E-state index contributed by atoms with van der Waals surface area (Å²) >= 11 is 0. The molecule has 0 amide bonds. The number of rotatable bonds is 6. The monoisotopic (exact) mass is 564 g/mol. The van der Waals surface area contributed by atoms with Gasteiger partial charge in [0.1, 0.15) is 54.2 Å². The van der Waals surface area contributed by atoms with E-state index in [4.69, 9.17) is 18.9 Å². The number of hydrogen-bond acceptors (Lipinski definition) is 14. The molecule has 2 aliphatic heterocycles. The Kier molecular flexibility index (Phi) is 7.91. The maximum atomic E-state index is 13.1. The van der Waals surface area contributed by atoms with Gasteiger partial charge in [0, 0.05) is 16.7 Å². The minimum absolute atomic E-state index is 0.0768. The quantitative estimate of drug-likeness (QED) is 0.152. The first kappa shape index (κ1) is 28.5. The Morgan fingerprint density at radius 1 is 0.825 bits per heavy atom. The Labute approximate surface area is 226 Å². The van der Waals surface area contributed by atoms with Crippen LogP contribution in [-0.2, 0) is 20.8 Å². The molecule has 14 nitrogen and oxygen atoms in total. The Morgan fingerprint density at radius 2 is 1.48 bits per heavy atom. The summed E-state index contributed by atoms with van der Waals surface area (Å²) < 4.78 is 21.7. The van der Waals surface area contributed by atoms with Gasteiger partial charge >= 0.3 is 0 Å². The number of carbonyl (C=O) groups excluding carboxylic acids is 2. The molecule has 0 aromatic heterocycles. The van der Waals surface area contributed by atoms with Crippen LogP contribution in [0.1, 0.15) is 37.4 Å². The molecule has 2 aromatic rings. The van der Waals surface area contributed by atoms with Gasteiger partial charge < -0.3 is 59.8 Å². The van der Waals surface area contributed by atoms with Crippen LogP contribution in [0.25, 0.3) is 0 Å². The summed E-state index contributed by atoms with van der Waals surface area (Å²) in [5.74, 6) is -2.29. The van der Waals surface area contributed by atoms with Gasteiger partial charge in [-0.25, -0.2) is 0 Å². The minimum Gasteiger partial charge on any atom is -0.507 e. The van der Waals surface area contributed by atoms with E-state index in [9.17, 15) is 50.4 Å². The Balaban J connectivity index is 1.39. The fraction of sp³-hybridized carbons (Fsp3) is 0.462. The number of aliphatic hydroxyl groups excluding tert-OH is 7. The van der Waals surface area contributed by atoms with E-state index in [0.29, 0.717) is 0 Å². The second kappa shape index (κ2) is 11.1. The van der Waals surface area contributed by atoms with Crippen molar-refractivity contribution in [2.24, 2.45) is 0 Å². The summed E-state index contributed by atoms with van der Waals surface area (Å²) in [5.41, 5.74) is -0.673. The molecular formula is C26H28O14. The highest BCUT2D eigenvalue weighted by atomic mass is 16.7. The van der Waals surface area contributed by atoms with Crippen molar-refractivity contribution < 1.29 is 69.4 Å². The molecule has 0 radical (unpaired) electrons. The van der Waals surface area contributed by atoms with Gasteiger partial charge in [-0.15, -0.1) is 0 Å². The zero-order valence-corrected chi connectivity index (χ0v) is 20.7. The zero-order valence-electron chi connectivity index (χ0n) is 20.7. The Bertz CT molecular complexity index is 1300. The predicted molar refractivity (Wildman–Crippen MR) is 128 cm³/mol. The first-order valence-electron chi connectivity index (χ1n) is 12.4. The molecule has 0 unspecified atom stereocenters. The number of aromatic hydroxyl groups is 1. The molecular weight excluding hydrogens is 536 g/mol. The Hall–Kier alpha value is -3.02. The molecule has 8 N–H and O–H groups in total. The fourth-order valence-electron chi connectivity index (χ4n) is 4.90. The van der Waals surface area contributed by atoms with Crippen LogP contribution in [0, 0.1) is 0 Å². The lowest BCUT2D eigenvalue weighted by atomic mass is 9.82. The van der Waals surface area contributed by atoms with Gasteiger partial charge in [0.15, 0.2) is 17.9 Å². The van der Waals surface area contributed by atoms with Crippen molar-refractivity contribution in [2.45, 2.75) is 61.9 Å². The van der Waals surface area contributed by atoms with Crippen molar-refractivity contribution in [3.8, 4) is 11.5 Å². The third-order valence-corrected chi connectivity index (χ3v) is 7.20. The number of carbonyl (C=O) groups is 2. The molecule has 216 valence electrons. The van der Waals surface area contributed by atoms with Crippen LogP contribution >= 0.6 is 0 Å². The van der Waals surface area contributed by atoms with Crippen LogP contribution in [0.5, 0.6) is 11.5 Å². The van der Waals surface area contributed by atoms with E-state index < -0.39 is 85.8 Å². The standard InChI is InChI=1S/C26H28O14/c27-6-12-14(5-11-16(19(12)31)18(30)10-4-2-1-3-9(10)17(11)29)39-26-24(36)22(34)21(33)15(40-26)8-38-25-23(35)20(32)13(28)7-37-25/h1-5,13,15,20-28,31-36H,6-8H2/t13-,15+,20+,21+,22-,23-,24+,25+,26+/m1/s1. The van der Waals surface area contributed by atoms with Crippen LogP contribution in [0.15, 0.2) is 30.3 Å². The number of ether oxygens (including phenoxy) is 4. The van der Waals surface area contributed by atoms with Gasteiger partial charge in [0.2, 0.25) is 6.29 Å². The van der Waals surface area contributed by atoms with E-state index in [2.05, 4.69) is 0 Å². The van der Waals surface area contributed by atoms with Crippen molar-refractivity contribution in [3.05, 3.63) is 58.1 Å². The summed E-state index contributed by atoms with van der Waals surface area (Å²) in [7, 11) is 0. The summed E-state index contributed by atoms with van der Waals surface area (Å²) in [4.78, 5) is 26.2. The minimum atomic E-state index is -1.86. The number of aliphatic hydroxyl groups is 7. The first-order chi connectivity index (χ1) is 19.0. The first-order valence-corrected chi connectivity index (χ1v) is 12.4. The largest absolute Gasteiger partial charge is 0.507 e. The van der Waals surface area contributed by atoms with E-state index in [1.54, 1.807) is 12.1 Å². The summed E-state index contributed by atoms with van der Waals surface area (Å²) in [5, 5.41) is 81.6. The van der Waals surface area contributed by atoms with Gasteiger partial charge in [0.25, 0.3) is 0 Å². The molecule has 14 heteroatoms. The average molecular weight is 564 g/mol. The number of fused-ring (bicyclic) bond motifs is 2. The second-order valence-corrected chi connectivity index (χ2v) is 9.70. The lowest BCUT2D eigenvalue weighted by Gasteiger charge is -2.41. The summed E-state index contributed by atoms with van der Waals surface area (Å²) in [6, 6.07) is 7.11. The highest BCUT2D eigenvalue weighted by Crippen LogP contribution is 2.41. The van der Waals surface area contributed by atoms with Crippen molar-refractivity contribution in [2.75, 3.05) is 13.2 Å². The van der Waals surface area contributed by atoms with Gasteiger partial charge in [-0.3, -0.25) is 9.59 Å². The van der Waals surface area contributed by atoms with Crippen LogP contribution in [0.4, 0.5) is 0 Å². The smallest absolute Gasteiger partial charge is 0.229 e. The van der Waals surface area contributed by atoms with E-state index >= 15 is 0 Å². The van der Waals surface area contributed by atoms with Crippen LogP contribution < -0.4 is 4.74 Å². The van der Waals surface area contributed by atoms with Crippen LogP contribution in [-0.4, -0.2) is 121 Å². The number of hydrogen-bond donors (Lipinski definition) is 8. The predicted octanol–water partition coefficient (Wildman–Crippen LogP) is -2.70. The molecule has 2 fully saturated rings. The maximum Gasteiger partial charge on any atom is 0.229 e. The Morgan fingerprint density at radius 3 is 2.15 bits per heavy atom. The van der Waals surface area contributed by atoms with Gasteiger partial charge in [0.05, 0.1) is 30.9 Å². The van der Waals surface area contributed by atoms with E-state index in [0.717, 1.165) is 6.07 Å². The SMILES string of the molecule is O=C1c2ccccc2C(=O)c2c1cc(O[C@H]1O[C@@H](CO[C@@H]3OC[C@@H](O)[C@H](O)[C@H]3O)[C@H](O)[C@@H](O)[C@@H]1O)c(CO)c2O. The number of ketones is 2. The van der Waals surface area contributed by atoms with Crippen molar-refractivity contribution in [1.29, 1.82) is 0 Å². The second-order valence-electron chi connectivity index (χ2n) is 9.70. The van der Waals surface area contributed by atoms with Crippen molar-refractivity contribution in [1.82, 2.24) is 0 Å². The molecule has 9 atom stereocenters. The van der Waals surface area contributed by atoms with Crippen molar-refractivity contribution >= 4 is 11.6 Å². The normalized spacial score (nSPS) is 33.8. The van der Waals surface area contributed by atoms with Crippen LogP contribution in [0.2, 0.25) is 0 Å². The lowest BCUT2D eigenvalue weighted by Crippen LogP contribution is -2.61. The molecule has 1 aliphatic carbocycles. The highest BCUT2D eigenvalue weighted by Gasteiger charge is 2.47. The molecule has 5 rings (SSSR count). The van der Waals surface area contributed by atoms with Crippen molar-refractivity contribution in [3.63, 3.8) is 0 Å². The number of benzene rings is 2. The summed E-state index contributed by atoms with van der Waals surface area (Å²) in [6.45, 7) is -1.73. The summed E-state index contributed by atoms with van der Waals surface area (Å²) in [6.07, 6.45) is -14.5. The molecule has 0 bridgehead atoms. The molecule has 0 spiro atoms. The third-order valence-electron chi connectivity index (χ3n) is 7.20. The van der Waals surface area contributed by atoms with E-state index in [-0.39, 0.29) is 40.2 Å². The van der Waals surface area contributed by atoms with Gasteiger partial charge in [-0.05, 0) is 6.07 Å². The fourth-order valence-corrected chi connectivity index (χ4v) is 4.90. The van der Waals surface area contributed by atoms with E-state index in [1.165, 1.54) is 12.1 Å². The highest BCUT2D eigenvalue weighted by molar-refractivity contribution is 6.29. The lowest BCUT2D eigenvalue weighted by molar-refractivity contribution is -0.307. The van der Waals surface area contributed by atoms with Gasteiger partial charge in [-0.1, -0.05) is 24.3 Å². The zero-order chi connectivity index (χ0) is 28.9. The van der Waals surface area contributed by atoms with E-state index in [1.807, 2.05) is 0 Å². The third kappa shape index (κ3) is 4.77. The number of phenols is 1. The molecule has 0 saturated carbocycles. The topological polar surface area (TPSA) is 233 Å². The van der Waals surface area contributed by atoms with Gasteiger partial charge in [-0.2, -0.15) is 0 Å². The molecule has 2 aromatic carbocycles. The molecule has 2 heterocycles. The average Bonchev–Trinajstić information content (AvgIpc) is 2.95. The van der Waals surface area contributed by atoms with Crippen LogP contribution in [0.3, 0.4) is 0 Å². The molecule has 40 heavy (non-hydrogen) atoms. The molecule has 2 saturated heterocycles. The molecule has 3 aliphatic rings.